The Kier molecular flexibility index (Phi) is 6.63. The lowest BCUT2D eigenvalue weighted by Gasteiger charge is -2.34. The summed E-state index contributed by atoms with van der Waals surface area (Å²) in [6.45, 7) is 9.09. The Morgan fingerprint density at radius 3 is 2.65 bits per heavy atom. The molecule has 1 atom stereocenters. The van der Waals surface area contributed by atoms with Crippen LogP contribution in [0.3, 0.4) is 0 Å². The molecule has 0 aliphatic carbocycles. The lowest BCUT2D eigenvalue weighted by atomic mass is 9.96. The van der Waals surface area contributed by atoms with Crippen LogP contribution in [-0.4, -0.2) is 31.1 Å². The molecule has 1 aliphatic heterocycles. The van der Waals surface area contributed by atoms with Crippen molar-refractivity contribution in [2.24, 2.45) is 5.92 Å². The molecule has 0 aromatic carbocycles. The van der Waals surface area contributed by atoms with E-state index in [1.54, 1.807) is 0 Å². The third kappa shape index (κ3) is 4.35. The minimum atomic E-state index is 0.348. The van der Waals surface area contributed by atoms with Gasteiger partial charge in [-0.15, -0.1) is 11.3 Å². The third-order valence-electron chi connectivity index (χ3n) is 4.14. The van der Waals surface area contributed by atoms with Crippen molar-refractivity contribution in [2.75, 3.05) is 26.2 Å². The lowest BCUT2D eigenvalue weighted by molar-refractivity contribution is 0.161. The SMILES string of the molecule is CCCN(CC1CCNCC1)C(C)c1cc(Cl)sc1Cl. The number of piperidine rings is 1. The third-order valence-corrected chi connectivity index (χ3v) is 5.66. The van der Waals surface area contributed by atoms with Gasteiger partial charge in [0.15, 0.2) is 0 Å². The summed E-state index contributed by atoms with van der Waals surface area (Å²) >= 11 is 13.9. The summed E-state index contributed by atoms with van der Waals surface area (Å²) < 4.78 is 1.63. The van der Waals surface area contributed by atoms with Gasteiger partial charge in [-0.1, -0.05) is 30.1 Å². The zero-order chi connectivity index (χ0) is 14.5. The van der Waals surface area contributed by atoms with Crippen LogP contribution in [0.5, 0.6) is 0 Å². The molecule has 0 spiro atoms. The molecule has 0 saturated carbocycles. The van der Waals surface area contributed by atoms with Crippen LogP contribution in [0, 0.1) is 5.92 Å². The van der Waals surface area contributed by atoms with Crippen LogP contribution in [-0.2, 0) is 0 Å². The van der Waals surface area contributed by atoms with Crippen molar-refractivity contribution in [1.29, 1.82) is 0 Å². The summed E-state index contributed by atoms with van der Waals surface area (Å²) in [5.41, 5.74) is 1.18. The van der Waals surface area contributed by atoms with Gasteiger partial charge in [-0.3, -0.25) is 4.90 Å². The van der Waals surface area contributed by atoms with Gasteiger partial charge in [-0.05, 0) is 57.8 Å². The average molecular weight is 335 g/mol. The lowest BCUT2D eigenvalue weighted by Crippen LogP contribution is -2.37. The molecule has 5 heteroatoms. The predicted octanol–water partition coefficient (Wildman–Crippen LogP) is 4.83. The van der Waals surface area contributed by atoms with Gasteiger partial charge < -0.3 is 5.32 Å². The molecular weight excluding hydrogens is 311 g/mol. The van der Waals surface area contributed by atoms with Crippen LogP contribution in [0.25, 0.3) is 0 Å². The van der Waals surface area contributed by atoms with Gasteiger partial charge in [-0.25, -0.2) is 0 Å². The highest BCUT2D eigenvalue weighted by atomic mass is 35.5. The molecule has 0 radical (unpaired) electrons. The standard InChI is InChI=1S/C15H24Cl2N2S/c1-3-8-19(10-12-4-6-18-7-5-12)11(2)13-9-14(16)20-15(13)17/h9,11-12,18H,3-8,10H2,1-2H3. The predicted molar refractivity (Wildman–Crippen MR) is 90.2 cm³/mol. The Balaban J connectivity index is 2.04. The highest BCUT2D eigenvalue weighted by Gasteiger charge is 2.23. The van der Waals surface area contributed by atoms with Gasteiger partial charge in [0.25, 0.3) is 0 Å². The first-order valence-electron chi connectivity index (χ1n) is 7.51. The van der Waals surface area contributed by atoms with E-state index in [9.17, 15) is 0 Å². The first kappa shape index (κ1) is 16.6. The van der Waals surface area contributed by atoms with E-state index in [4.69, 9.17) is 23.2 Å². The number of rotatable bonds is 6. The number of hydrogen-bond donors (Lipinski definition) is 1. The summed E-state index contributed by atoms with van der Waals surface area (Å²) in [5, 5.41) is 3.44. The minimum absolute atomic E-state index is 0.348. The molecule has 2 heterocycles. The van der Waals surface area contributed by atoms with Crippen LogP contribution in [0.4, 0.5) is 0 Å². The summed E-state index contributed by atoms with van der Waals surface area (Å²) in [4.78, 5) is 2.57. The van der Waals surface area contributed by atoms with Crippen LogP contribution < -0.4 is 5.32 Å². The maximum atomic E-state index is 6.32. The van der Waals surface area contributed by atoms with Crippen molar-refractivity contribution in [2.45, 2.75) is 39.2 Å². The molecule has 1 aromatic heterocycles. The summed E-state index contributed by atoms with van der Waals surface area (Å²) in [7, 11) is 0. The van der Waals surface area contributed by atoms with Crippen molar-refractivity contribution in [1.82, 2.24) is 10.2 Å². The van der Waals surface area contributed by atoms with Gasteiger partial charge in [0.05, 0.1) is 8.67 Å². The molecule has 1 aliphatic rings. The molecule has 1 N–H and O–H groups in total. The molecule has 1 saturated heterocycles. The smallest absolute Gasteiger partial charge is 0.0991 e. The van der Waals surface area contributed by atoms with Crippen molar-refractivity contribution in [3.05, 3.63) is 20.3 Å². The zero-order valence-electron chi connectivity index (χ0n) is 12.3. The van der Waals surface area contributed by atoms with Crippen molar-refractivity contribution in [3.8, 4) is 0 Å². The highest BCUT2D eigenvalue weighted by Crippen LogP contribution is 2.37. The Morgan fingerprint density at radius 1 is 1.40 bits per heavy atom. The van der Waals surface area contributed by atoms with E-state index < -0.39 is 0 Å². The normalized spacial score (nSPS) is 18.6. The first-order valence-corrected chi connectivity index (χ1v) is 9.08. The average Bonchev–Trinajstić information content (AvgIpc) is 2.77. The van der Waals surface area contributed by atoms with E-state index >= 15 is 0 Å². The largest absolute Gasteiger partial charge is 0.317 e. The maximum Gasteiger partial charge on any atom is 0.0991 e. The van der Waals surface area contributed by atoms with E-state index in [0.717, 1.165) is 34.2 Å². The molecular formula is C15H24Cl2N2S. The zero-order valence-corrected chi connectivity index (χ0v) is 14.6. The maximum absolute atomic E-state index is 6.32. The first-order chi connectivity index (χ1) is 9.61. The summed E-state index contributed by atoms with van der Waals surface area (Å²) in [6, 6.07) is 2.38. The fourth-order valence-corrected chi connectivity index (χ4v) is 4.59. The molecule has 2 rings (SSSR count). The molecule has 1 aromatic rings. The van der Waals surface area contributed by atoms with Crippen LogP contribution in [0.1, 0.15) is 44.7 Å². The molecule has 1 fully saturated rings. The second-order valence-electron chi connectivity index (χ2n) is 5.64. The van der Waals surface area contributed by atoms with E-state index in [1.807, 2.05) is 6.07 Å². The van der Waals surface area contributed by atoms with Gasteiger partial charge in [0.2, 0.25) is 0 Å². The molecule has 0 bridgehead atoms. The van der Waals surface area contributed by atoms with Gasteiger partial charge >= 0.3 is 0 Å². The number of nitrogens with zero attached hydrogens (tertiary/aromatic N) is 1. The van der Waals surface area contributed by atoms with Gasteiger partial charge in [0.1, 0.15) is 0 Å². The van der Waals surface area contributed by atoms with Gasteiger partial charge in [-0.2, -0.15) is 0 Å². The van der Waals surface area contributed by atoms with Crippen LogP contribution in [0.15, 0.2) is 6.07 Å². The fraction of sp³-hybridized carbons (Fsp3) is 0.733. The van der Waals surface area contributed by atoms with E-state index in [1.165, 1.54) is 42.7 Å². The number of halogens is 2. The Bertz CT molecular complexity index is 416. The van der Waals surface area contributed by atoms with Crippen LogP contribution >= 0.6 is 34.5 Å². The second-order valence-corrected chi connectivity index (χ2v) is 7.93. The molecule has 114 valence electrons. The Morgan fingerprint density at radius 2 is 2.10 bits per heavy atom. The highest BCUT2D eigenvalue weighted by molar-refractivity contribution is 7.20. The van der Waals surface area contributed by atoms with E-state index in [-0.39, 0.29) is 0 Å². The fourth-order valence-electron chi connectivity index (χ4n) is 2.96. The second kappa shape index (κ2) is 8.00. The van der Waals surface area contributed by atoms with Crippen molar-refractivity contribution in [3.63, 3.8) is 0 Å². The molecule has 20 heavy (non-hydrogen) atoms. The van der Waals surface area contributed by atoms with E-state index in [0.29, 0.717) is 6.04 Å². The monoisotopic (exact) mass is 334 g/mol. The number of hydrogen-bond acceptors (Lipinski definition) is 3. The summed E-state index contributed by atoms with van der Waals surface area (Å²) in [5.74, 6) is 0.804. The Hall–Kier alpha value is 0.200. The van der Waals surface area contributed by atoms with Crippen LogP contribution in [0.2, 0.25) is 8.67 Å². The number of nitrogens with one attached hydrogen (secondary N) is 1. The molecule has 1 unspecified atom stereocenters. The summed E-state index contributed by atoms with van der Waals surface area (Å²) in [6.07, 6.45) is 3.74. The van der Waals surface area contributed by atoms with Crippen molar-refractivity contribution < 1.29 is 0 Å². The molecule has 2 nitrogen and oxygen atoms in total. The van der Waals surface area contributed by atoms with Crippen molar-refractivity contribution >= 4 is 34.5 Å². The number of thiophene rings is 1. The molecule has 0 amide bonds. The Labute approximate surface area is 136 Å². The topological polar surface area (TPSA) is 15.3 Å². The minimum Gasteiger partial charge on any atom is -0.317 e. The van der Waals surface area contributed by atoms with Gasteiger partial charge in [0, 0.05) is 18.2 Å². The van der Waals surface area contributed by atoms with E-state index in [2.05, 4.69) is 24.1 Å². The quantitative estimate of drug-likeness (QED) is 0.801.